The van der Waals surface area contributed by atoms with Gasteiger partial charge < -0.3 is 10.3 Å². The molecule has 1 saturated carbocycles. The number of nitrogen functional groups attached to an aromatic ring is 1. The van der Waals surface area contributed by atoms with Gasteiger partial charge in [0.15, 0.2) is 0 Å². The molecule has 3 rings (SSSR count). The lowest BCUT2D eigenvalue weighted by Gasteiger charge is -2.13. The number of aromatic nitrogens is 1. The van der Waals surface area contributed by atoms with Gasteiger partial charge in [-0.3, -0.25) is 0 Å². The average molecular weight is 260 g/mol. The Balaban J connectivity index is 2.08. The van der Waals surface area contributed by atoms with Gasteiger partial charge in [0.2, 0.25) is 5.88 Å². The molecule has 2 atom stereocenters. The summed E-state index contributed by atoms with van der Waals surface area (Å²) in [4.78, 5) is 0. The number of hydrogen-bond acceptors (Lipinski definition) is 3. The topological polar surface area (TPSA) is 52.0 Å². The average Bonchev–Trinajstić information content (AvgIpc) is 2.95. The molecule has 1 fully saturated rings. The third-order valence-corrected chi connectivity index (χ3v) is 4.07. The van der Waals surface area contributed by atoms with E-state index in [1.54, 1.807) is 6.07 Å². The molecule has 2 N–H and O–H groups in total. The summed E-state index contributed by atoms with van der Waals surface area (Å²) in [6.45, 7) is 2.22. The van der Waals surface area contributed by atoms with E-state index in [-0.39, 0.29) is 11.7 Å². The monoisotopic (exact) mass is 260 g/mol. The van der Waals surface area contributed by atoms with Gasteiger partial charge in [0.05, 0.1) is 11.3 Å². The summed E-state index contributed by atoms with van der Waals surface area (Å²) in [5.74, 6) is 0.930. The molecule has 100 valence electrons. The second kappa shape index (κ2) is 4.68. The van der Waals surface area contributed by atoms with Gasteiger partial charge in [-0.05, 0) is 30.0 Å². The van der Waals surface area contributed by atoms with E-state index in [0.29, 0.717) is 11.8 Å². The van der Waals surface area contributed by atoms with Crippen LogP contribution in [0.25, 0.3) is 11.1 Å². The van der Waals surface area contributed by atoms with Crippen molar-refractivity contribution in [3.05, 3.63) is 35.8 Å². The van der Waals surface area contributed by atoms with Crippen LogP contribution in [0.15, 0.2) is 28.8 Å². The Morgan fingerprint density at radius 1 is 1.37 bits per heavy atom. The molecule has 0 spiro atoms. The van der Waals surface area contributed by atoms with Gasteiger partial charge in [-0.1, -0.05) is 37.1 Å². The number of nitrogens with two attached hydrogens (primary N) is 1. The molecule has 1 aliphatic carbocycles. The normalized spacial score (nSPS) is 22.8. The molecule has 2 unspecified atom stereocenters. The van der Waals surface area contributed by atoms with Crippen molar-refractivity contribution in [3.8, 4) is 11.1 Å². The van der Waals surface area contributed by atoms with Crippen molar-refractivity contribution in [1.29, 1.82) is 0 Å². The van der Waals surface area contributed by atoms with E-state index < -0.39 is 0 Å². The van der Waals surface area contributed by atoms with Gasteiger partial charge in [-0.25, -0.2) is 4.39 Å². The van der Waals surface area contributed by atoms with Gasteiger partial charge >= 0.3 is 0 Å². The predicted molar refractivity (Wildman–Crippen MR) is 72.1 cm³/mol. The minimum atomic E-state index is -0.275. The first-order valence-corrected chi connectivity index (χ1v) is 6.68. The number of nitrogens with zero attached hydrogens (tertiary/aromatic N) is 1. The van der Waals surface area contributed by atoms with E-state index >= 15 is 0 Å². The second-order valence-corrected chi connectivity index (χ2v) is 5.33. The van der Waals surface area contributed by atoms with Crippen LogP contribution >= 0.6 is 0 Å². The second-order valence-electron chi connectivity index (χ2n) is 5.33. The minimum Gasteiger partial charge on any atom is -0.367 e. The van der Waals surface area contributed by atoms with Crippen molar-refractivity contribution >= 4 is 5.88 Å². The first-order valence-electron chi connectivity index (χ1n) is 6.68. The molecule has 1 aromatic heterocycles. The standard InChI is InChI=1S/C15H17FN2O/c1-9-4-2-7-12(9)14-13(15(17)19-18-14)10-5-3-6-11(16)8-10/h3,5-6,8-9,12H,2,4,7,17H2,1H3. The fourth-order valence-electron chi connectivity index (χ4n) is 3.05. The Hall–Kier alpha value is -1.84. The van der Waals surface area contributed by atoms with Crippen LogP contribution < -0.4 is 5.73 Å². The predicted octanol–water partition coefficient (Wildman–Crippen LogP) is 3.97. The Kier molecular flexibility index (Phi) is 3.01. The van der Waals surface area contributed by atoms with Crippen LogP contribution in [0.4, 0.5) is 10.3 Å². The molecule has 3 nitrogen and oxygen atoms in total. The van der Waals surface area contributed by atoms with E-state index in [9.17, 15) is 4.39 Å². The van der Waals surface area contributed by atoms with Crippen LogP contribution in [0, 0.1) is 11.7 Å². The first kappa shape index (κ1) is 12.2. The van der Waals surface area contributed by atoms with Crippen molar-refractivity contribution in [3.63, 3.8) is 0 Å². The van der Waals surface area contributed by atoms with E-state index in [4.69, 9.17) is 10.3 Å². The smallest absolute Gasteiger partial charge is 0.230 e. The zero-order valence-electron chi connectivity index (χ0n) is 10.9. The van der Waals surface area contributed by atoms with Crippen LogP contribution in [-0.2, 0) is 0 Å². The van der Waals surface area contributed by atoms with Crippen LogP contribution in [0.3, 0.4) is 0 Å². The van der Waals surface area contributed by atoms with Crippen molar-refractivity contribution in [2.75, 3.05) is 5.73 Å². The lowest BCUT2D eigenvalue weighted by molar-refractivity contribution is 0.407. The Labute approximate surface area is 111 Å². The third kappa shape index (κ3) is 2.11. The summed E-state index contributed by atoms with van der Waals surface area (Å²) < 4.78 is 18.5. The maximum Gasteiger partial charge on any atom is 0.230 e. The fourth-order valence-corrected chi connectivity index (χ4v) is 3.05. The molecule has 4 heteroatoms. The molecule has 0 bridgehead atoms. The molecule has 0 amide bonds. The number of anilines is 1. The SMILES string of the molecule is CC1CCCC1c1noc(N)c1-c1cccc(F)c1. The number of halogens is 1. The molecule has 0 radical (unpaired) electrons. The number of benzene rings is 1. The minimum absolute atomic E-state index is 0.275. The summed E-state index contributed by atoms with van der Waals surface area (Å²) in [7, 11) is 0. The summed E-state index contributed by atoms with van der Waals surface area (Å²) in [5, 5.41) is 4.13. The highest BCUT2D eigenvalue weighted by atomic mass is 19.1. The zero-order chi connectivity index (χ0) is 13.4. The molecule has 0 aliphatic heterocycles. The molecule has 2 aromatic rings. The highest BCUT2D eigenvalue weighted by Gasteiger charge is 2.31. The summed E-state index contributed by atoms with van der Waals surface area (Å²) >= 11 is 0. The van der Waals surface area contributed by atoms with Gasteiger partial charge in [-0.2, -0.15) is 0 Å². The van der Waals surface area contributed by atoms with Crippen LogP contribution in [0.2, 0.25) is 0 Å². The maximum absolute atomic E-state index is 13.4. The molecule has 0 saturated heterocycles. The molecular formula is C15H17FN2O. The lowest BCUT2D eigenvalue weighted by Crippen LogP contribution is -2.04. The molecule has 1 aromatic carbocycles. The summed E-state index contributed by atoms with van der Waals surface area (Å²) in [6, 6.07) is 6.42. The molecule has 1 aliphatic rings. The quantitative estimate of drug-likeness (QED) is 0.889. The number of hydrogen-bond donors (Lipinski definition) is 1. The summed E-state index contributed by atoms with van der Waals surface area (Å²) in [6.07, 6.45) is 3.48. The highest BCUT2D eigenvalue weighted by Crippen LogP contribution is 2.44. The van der Waals surface area contributed by atoms with Crippen molar-refractivity contribution in [2.24, 2.45) is 5.92 Å². The third-order valence-electron chi connectivity index (χ3n) is 4.07. The first-order chi connectivity index (χ1) is 9.16. The van der Waals surface area contributed by atoms with Crippen LogP contribution in [0.5, 0.6) is 0 Å². The zero-order valence-corrected chi connectivity index (χ0v) is 10.9. The van der Waals surface area contributed by atoms with Crippen molar-refractivity contribution < 1.29 is 8.91 Å². The molecule has 19 heavy (non-hydrogen) atoms. The Morgan fingerprint density at radius 3 is 2.89 bits per heavy atom. The van der Waals surface area contributed by atoms with Crippen LogP contribution in [-0.4, -0.2) is 5.16 Å². The van der Waals surface area contributed by atoms with E-state index in [1.807, 2.05) is 6.07 Å². The van der Waals surface area contributed by atoms with E-state index in [2.05, 4.69) is 12.1 Å². The highest BCUT2D eigenvalue weighted by molar-refractivity contribution is 5.75. The lowest BCUT2D eigenvalue weighted by atomic mass is 9.90. The summed E-state index contributed by atoms with van der Waals surface area (Å²) in [5.41, 5.74) is 8.27. The van der Waals surface area contributed by atoms with Crippen LogP contribution in [0.1, 0.15) is 37.8 Å². The van der Waals surface area contributed by atoms with Gasteiger partial charge in [-0.15, -0.1) is 0 Å². The largest absolute Gasteiger partial charge is 0.367 e. The van der Waals surface area contributed by atoms with E-state index in [0.717, 1.165) is 23.2 Å². The maximum atomic E-state index is 13.4. The van der Waals surface area contributed by atoms with Crippen molar-refractivity contribution in [2.45, 2.75) is 32.1 Å². The van der Waals surface area contributed by atoms with E-state index in [1.165, 1.54) is 25.0 Å². The van der Waals surface area contributed by atoms with Gasteiger partial charge in [0.25, 0.3) is 0 Å². The molecule has 1 heterocycles. The fraction of sp³-hybridized carbons (Fsp3) is 0.400. The Bertz CT molecular complexity index is 594. The number of rotatable bonds is 2. The molecular weight excluding hydrogens is 243 g/mol. The van der Waals surface area contributed by atoms with Gasteiger partial charge in [0, 0.05) is 5.92 Å². The Morgan fingerprint density at radius 2 is 2.21 bits per heavy atom. The van der Waals surface area contributed by atoms with Crippen molar-refractivity contribution in [1.82, 2.24) is 5.16 Å². The van der Waals surface area contributed by atoms with Gasteiger partial charge in [0.1, 0.15) is 5.82 Å².